The normalized spacial score (nSPS) is 13.1. The predicted octanol–water partition coefficient (Wildman–Crippen LogP) is -0.0894. The van der Waals surface area contributed by atoms with Gasteiger partial charge in [0.25, 0.3) is 5.56 Å². The van der Waals surface area contributed by atoms with Gasteiger partial charge in [-0.05, 0) is 13.0 Å². The molecular formula is C11H19N3O2. The summed E-state index contributed by atoms with van der Waals surface area (Å²) in [7, 11) is 0. The highest BCUT2D eigenvalue weighted by Crippen LogP contribution is 1.90. The van der Waals surface area contributed by atoms with E-state index in [0.29, 0.717) is 12.6 Å². The molecule has 1 rings (SSSR count). The molecule has 0 aromatic carbocycles. The zero-order valence-electron chi connectivity index (χ0n) is 9.97. The Labute approximate surface area is 95.1 Å². The Morgan fingerprint density at radius 1 is 1.50 bits per heavy atom. The van der Waals surface area contributed by atoms with E-state index in [1.54, 1.807) is 6.07 Å². The van der Waals surface area contributed by atoms with Crippen LogP contribution in [0, 0.1) is 6.92 Å². The lowest BCUT2D eigenvalue weighted by molar-refractivity contribution is 0.142. The highest BCUT2D eigenvalue weighted by Gasteiger charge is 2.07. The van der Waals surface area contributed by atoms with Gasteiger partial charge in [0, 0.05) is 18.7 Å². The fourth-order valence-electron chi connectivity index (χ4n) is 1.32. The van der Waals surface area contributed by atoms with Crippen molar-refractivity contribution >= 4 is 0 Å². The molecule has 5 nitrogen and oxygen atoms in total. The lowest BCUT2D eigenvalue weighted by atomic mass is 10.3. The predicted molar refractivity (Wildman–Crippen MR) is 62.4 cm³/mol. The topological polar surface area (TPSA) is 67.2 Å². The van der Waals surface area contributed by atoms with Gasteiger partial charge in [-0.25, -0.2) is 4.68 Å². The van der Waals surface area contributed by atoms with Crippen molar-refractivity contribution in [3.8, 4) is 0 Å². The van der Waals surface area contributed by atoms with Crippen molar-refractivity contribution < 1.29 is 5.11 Å². The van der Waals surface area contributed by atoms with E-state index < -0.39 is 6.10 Å². The summed E-state index contributed by atoms with van der Waals surface area (Å²) in [5.74, 6) is 0. The fourth-order valence-corrected chi connectivity index (χ4v) is 1.32. The summed E-state index contributed by atoms with van der Waals surface area (Å²) < 4.78 is 1.29. The van der Waals surface area contributed by atoms with E-state index >= 15 is 0 Å². The van der Waals surface area contributed by atoms with Gasteiger partial charge in [-0.15, -0.1) is 0 Å². The number of aromatic nitrogens is 2. The Bertz CT molecular complexity index is 387. The molecular weight excluding hydrogens is 206 g/mol. The number of aliphatic hydroxyl groups is 1. The molecule has 16 heavy (non-hydrogen) atoms. The van der Waals surface area contributed by atoms with Crippen molar-refractivity contribution in [1.29, 1.82) is 0 Å². The Hall–Kier alpha value is -1.20. The van der Waals surface area contributed by atoms with Crippen molar-refractivity contribution in [3.05, 3.63) is 28.2 Å². The second-order valence-corrected chi connectivity index (χ2v) is 4.21. The summed E-state index contributed by atoms with van der Waals surface area (Å²) in [6.07, 6.45) is -0.602. The van der Waals surface area contributed by atoms with Crippen molar-refractivity contribution in [3.63, 3.8) is 0 Å². The summed E-state index contributed by atoms with van der Waals surface area (Å²) in [5, 5.41) is 16.9. The van der Waals surface area contributed by atoms with Gasteiger partial charge in [0.05, 0.1) is 18.3 Å². The van der Waals surface area contributed by atoms with Crippen LogP contribution in [-0.4, -0.2) is 33.6 Å². The van der Waals surface area contributed by atoms with E-state index in [2.05, 4.69) is 10.4 Å². The third kappa shape index (κ3) is 4.12. The zero-order valence-corrected chi connectivity index (χ0v) is 9.97. The summed E-state index contributed by atoms with van der Waals surface area (Å²) in [6, 6.07) is 3.44. The molecule has 0 spiro atoms. The van der Waals surface area contributed by atoms with E-state index in [4.69, 9.17) is 0 Å². The molecule has 0 fully saturated rings. The number of aryl methyl sites for hydroxylation is 1. The second kappa shape index (κ2) is 5.77. The van der Waals surface area contributed by atoms with E-state index in [9.17, 15) is 9.90 Å². The fraction of sp³-hybridized carbons (Fsp3) is 0.636. The standard InChI is InChI=1S/C11H19N3O2/c1-8(2)12-6-10(15)7-14-11(16)5-4-9(3)13-14/h4-5,8,10,12,15H,6-7H2,1-3H3. The molecule has 0 saturated heterocycles. The molecule has 1 heterocycles. The molecule has 0 bridgehead atoms. The quantitative estimate of drug-likeness (QED) is 0.735. The molecule has 1 atom stereocenters. The molecule has 0 aliphatic rings. The van der Waals surface area contributed by atoms with Gasteiger partial charge in [-0.1, -0.05) is 13.8 Å². The highest BCUT2D eigenvalue weighted by molar-refractivity contribution is 4.97. The Balaban J connectivity index is 2.58. The SMILES string of the molecule is Cc1ccc(=O)n(CC(O)CNC(C)C)n1. The van der Waals surface area contributed by atoms with Gasteiger partial charge in [0.2, 0.25) is 0 Å². The first kappa shape index (κ1) is 12.9. The number of nitrogens with zero attached hydrogens (tertiary/aromatic N) is 2. The Morgan fingerprint density at radius 3 is 2.81 bits per heavy atom. The summed E-state index contributed by atoms with van der Waals surface area (Å²) in [6.45, 7) is 6.50. The lowest BCUT2D eigenvalue weighted by Gasteiger charge is -2.14. The maximum Gasteiger partial charge on any atom is 0.266 e. The van der Waals surface area contributed by atoms with Gasteiger partial charge in [0.15, 0.2) is 0 Å². The maximum absolute atomic E-state index is 11.4. The molecule has 1 unspecified atom stereocenters. The van der Waals surface area contributed by atoms with Crippen LogP contribution in [0.3, 0.4) is 0 Å². The number of hydrogen-bond donors (Lipinski definition) is 2. The van der Waals surface area contributed by atoms with Crippen LogP contribution in [0.25, 0.3) is 0 Å². The number of rotatable bonds is 5. The summed E-state index contributed by atoms with van der Waals surface area (Å²) >= 11 is 0. The van der Waals surface area contributed by atoms with E-state index in [1.165, 1.54) is 10.7 Å². The molecule has 1 aromatic heterocycles. The molecule has 90 valence electrons. The summed E-state index contributed by atoms with van der Waals surface area (Å²) in [4.78, 5) is 11.4. The molecule has 0 saturated carbocycles. The van der Waals surface area contributed by atoms with Crippen molar-refractivity contribution in [2.24, 2.45) is 0 Å². The minimum atomic E-state index is -0.602. The third-order valence-electron chi connectivity index (χ3n) is 2.15. The molecule has 0 radical (unpaired) electrons. The van der Waals surface area contributed by atoms with Crippen molar-refractivity contribution in [2.75, 3.05) is 6.54 Å². The number of hydrogen-bond acceptors (Lipinski definition) is 4. The average molecular weight is 225 g/mol. The van der Waals surface area contributed by atoms with E-state index in [1.807, 2.05) is 20.8 Å². The second-order valence-electron chi connectivity index (χ2n) is 4.21. The Kier molecular flexibility index (Phi) is 4.64. The van der Waals surface area contributed by atoms with E-state index in [0.717, 1.165) is 5.69 Å². The Morgan fingerprint density at radius 2 is 2.19 bits per heavy atom. The van der Waals surface area contributed by atoms with Gasteiger partial charge in [-0.3, -0.25) is 4.79 Å². The molecule has 0 amide bonds. The van der Waals surface area contributed by atoms with Crippen molar-refractivity contribution in [2.45, 2.75) is 39.5 Å². The molecule has 0 aliphatic heterocycles. The van der Waals surface area contributed by atoms with Crippen LogP contribution >= 0.6 is 0 Å². The number of aliphatic hydroxyl groups excluding tert-OH is 1. The first-order valence-corrected chi connectivity index (χ1v) is 5.45. The van der Waals surface area contributed by atoms with Gasteiger partial charge in [-0.2, -0.15) is 5.10 Å². The van der Waals surface area contributed by atoms with Gasteiger partial charge < -0.3 is 10.4 Å². The molecule has 2 N–H and O–H groups in total. The third-order valence-corrected chi connectivity index (χ3v) is 2.15. The number of nitrogens with one attached hydrogen (secondary N) is 1. The van der Waals surface area contributed by atoms with Crippen LogP contribution in [0.1, 0.15) is 19.5 Å². The molecule has 0 aliphatic carbocycles. The minimum Gasteiger partial charge on any atom is -0.390 e. The first-order valence-electron chi connectivity index (χ1n) is 5.45. The van der Waals surface area contributed by atoms with Crippen LogP contribution < -0.4 is 10.9 Å². The van der Waals surface area contributed by atoms with E-state index in [-0.39, 0.29) is 12.1 Å². The average Bonchev–Trinajstić information content (AvgIpc) is 2.20. The van der Waals surface area contributed by atoms with Crippen LogP contribution in [0.15, 0.2) is 16.9 Å². The molecule has 1 aromatic rings. The highest BCUT2D eigenvalue weighted by atomic mass is 16.3. The van der Waals surface area contributed by atoms with Gasteiger partial charge in [0.1, 0.15) is 0 Å². The monoisotopic (exact) mass is 225 g/mol. The van der Waals surface area contributed by atoms with Crippen LogP contribution in [0.5, 0.6) is 0 Å². The van der Waals surface area contributed by atoms with Crippen LogP contribution in [0.4, 0.5) is 0 Å². The summed E-state index contributed by atoms with van der Waals surface area (Å²) in [5.41, 5.74) is 0.581. The largest absolute Gasteiger partial charge is 0.390 e. The van der Waals surface area contributed by atoms with Crippen LogP contribution in [0.2, 0.25) is 0 Å². The maximum atomic E-state index is 11.4. The van der Waals surface area contributed by atoms with Crippen LogP contribution in [-0.2, 0) is 6.54 Å². The van der Waals surface area contributed by atoms with Gasteiger partial charge >= 0.3 is 0 Å². The molecule has 5 heteroatoms. The van der Waals surface area contributed by atoms with Crippen molar-refractivity contribution in [1.82, 2.24) is 15.1 Å². The zero-order chi connectivity index (χ0) is 12.1. The minimum absolute atomic E-state index is 0.186. The lowest BCUT2D eigenvalue weighted by Crippen LogP contribution is -2.37. The smallest absolute Gasteiger partial charge is 0.266 e. The first-order chi connectivity index (χ1) is 7.49.